The molecule has 1 saturated heterocycles. The van der Waals surface area contributed by atoms with Gasteiger partial charge in [0, 0.05) is 24.5 Å². The molecule has 0 saturated carbocycles. The molecule has 174 valence electrons. The smallest absolute Gasteiger partial charge is 0.295 e. The molecule has 0 radical (unpaired) electrons. The van der Waals surface area contributed by atoms with Gasteiger partial charge in [-0.15, -0.1) is 0 Å². The number of carbonyl (C=O) groups is 2. The third-order valence-corrected chi connectivity index (χ3v) is 5.63. The molecule has 1 aromatic heterocycles. The molecule has 0 unspecified atom stereocenters. The Morgan fingerprint density at radius 2 is 1.85 bits per heavy atom. The zero-order chi connectivity index (χ0) is 24.1. The molecule has 4 rings (SSSR count). The number of methoxy groups -OCH3 is 1. The Kier molecular flexibility index (Phi) is 6.92. The number of ketones is 1. The molecule has 1 aliphatic heterocycles. The maximum Gasteiger partial charge on any atom is 0.295 e. The van der Waals surface area contributed by atoms with Gasteiger partial charge in [-0.3, -0.25) is 14.6 Å². The summed E-state index contributed by atoms with van der Waals surface area (Å²) in [6.07, 6.45) is 4.15. The van der Waals surface area contributed by atoms with E-state index in [0.717, 1.165) is 12.0 Å². The SMILES string of the molecule is CCCOc1cccc([C@@H]2C(=C(O)c3ccc(OC)cc3)C(=O)C(=O)N2Cc2cccnc2)c1. The summed E-state index contributed by atoms with van der Waals surface area (Å²) >= 11 is 0. The number of nitrogens with zero attached hydrogens (tertiary/aromatic N) is 2. The minimum atomic E-state index is -0.785. The molecule has 1 atom stereocenters. The van der Waals surface area contributed by atoms with Crippen molar-refractivity contribution in [2.75, 3.05) is 13.7 Å². The first-order chi connectivity index (χ1) is 16.5. The second-order valence-electron chi connectivity index (χ2n) is 7.94. The van der Waals surface area contributed by atoms with Crippen LogP contribution in [0.4, 0.5) is 0 Å². The van der Waals surface area contributed by atoms with Crippen LogP contribution in [0.25, 0.3) is 5.76 Å². The molecule has 1 aliphatic rings. The summed E-state index contributed by atoms with van der Waals surface area (Å²) in [6.45, 7) is 2.73. The molecule has 3 aromatic rings. The number of aromatic nitrogens is 1. The van der Waals surface area contributed by atoms with Crippen molar-refractivity contribution in [1.82, 2.24) is 9.88 Å². The fourth-order valence-corrected chi connectivity index (χ4v) is 3.98. The number of Topliss-reactive ketones (excluding diaryl/α,β-unsaturated/α-hetero) is 1. The summed E-state index contributed by atoms with van der Waals surface area (Å²) in [6, 6.07) is 16.8. The fourth-order valence-electron chi connectivity index (χ4n) is 3.98. The first kappa shape index (κ1) is 23.0. The quantitative estimate of drug-likeness (QED) is 0.304. The summed E-state index contributed by atoms with van der Waals surface area (Å²) in [5.74, 6) is -0.396. The minimum absolute atomic E-state index is 0.0340. The highest BCUT2D eigenvalue weighted by atomic mass is 16.5. The van der Waals surface area contributed by atoms with Crippen molar-refractivity contribution < 1.29 is 24.2 Å². The molecule has 1 amide bonds. The number of benzene rings is 2. The summed E-state index contributed by atoms with van der Waals surface area (Å²) in [5.41, 5.74) is 1.90. The number of likely N-dealkylation sites (tertiary alicyclic amines) is 1. The van der Waals surface area contributed by atoms with Crippen LogP contribution in [0.1, 0.15) is 36.1 Å². The zero-order valence-corrected chi connectivity index (χ0v) is 19.1. The first-order valence-electron chi connectivity index (χ1n) is 11.1. The third kappa shape index (κ3) is 4.64. The second kappa shape index (κ2) is 10.2. The predicted molar refractivity (Wildman–Crippen MR) is 127 cm³/mol. The van der Waals surface area contributed by atoms with Crippen molar-refractivity contribution in [2.24, 2.45) is 0 Å². The Morgan fingerprint density at radius 3 is 2.53 bits per heavy atom. The van der Waals surface area contributed by atoms with Crippen LogP contribution in [0, 0.1) is 0 Å². The van der Waals surface area contributed by atoms with E-state index in [1.54, 1.807) is 49.8 Å². The summed E-state index contributed by atoms with van der Waals surface area (Å²) < 4.78 is 11.0. The van der Waals surface area contributed by atoms with Crippen LogP contribution in [-0.2, 0) is 16.1 Å². The average Bonchev–Trinajstić information content (AvgIpc) is 3.13. The number of hydrogen-bond acceptors (Lipinski definition) is 6. The molecule has 2 heterocycles. The van der Waals surface area contributed by atoms with Crippen LogP contribution in [0.5, 0.6) is 11.5 Å². The highest BCUT2D eigenvalue weighted by Crippen LogP contribution is 2.41. The van der Waals surface area contributed by atoms with Crippen molar-refractivity contribution in [3.63, 3.8) is 0 Å². The van der Waals surface area contributed by atoms with Crippen molar-refractivity contribution >= 4 is 17.4 Å². The van der Waals surface area contributed by atoms with Gasteiger partial charge in [0.15, 0.2) is 0 Å². The summed E-state index contributed by atoms with van der Waals surface area (Å²) in [4.78, 5) is 31.9. The number of carbonyl (C=O) groups excluding carboxylic acids is 2. The standard InChI is InChI=1S/C27H26N2O5/c1-3-14-34-22-8-4-7-20(15-22)24-23(25(30)19-9-11-21(33-2)12-10-19)26(31)27(32)29(24)17-18-6-5-13-28-16-18/h4-13,15-16,24,30H,3,14,17H2,1-2H3/t24-/m1/s1. The number of pyridine rings is 1. The van der Waals surface area contributed by atoms with E-state index >= 15 is 0 Å². The van der Waals surface area contributed by atoms with Gasteiger partial charge in [-0.25, -0.2) is 0 Å². The Morgan fingerprint density at radius 1 is 1.06 bits per heavy atom. The van der Waals surface area contributed by atoms with E-state index < -0.39 is 17.7 Å². The van der Waals surface area contributed by atoms with Crippen molar-refractivity contribution in [3.8, 4) is 11.5 Å². The van der Waals surface area contributed by atoms with Gasteiger partial charge >= 0.3 is 0 Å². The predicted octanol–water partition coefficient (Wildman–Crippen LogP) is 4.50. The molecule has 1 fully saturated rings. The lowest BCUT2D eigenvalue weighted by Crippen LogP contribution is -2.29. The lowest BCUT2D eigenvalue weighted by atomic mass is 9.95. The number of hydrogen-bond donors (Lipinski definition) is 1. The van der Waals surface area contributed by atoms with E-state index in [4.69, 9.17) is 9.47 Å². The van der Waals surface area contributed by atoms with Crippen LogP contribution < -0.4 is 9.47 Å². The Balaban J connectivity index is 1.83. The highest BCUT2D eigenvalue weighted by molar-refractivity contribution is 6.46. The van der Waals surface area contributed by atoms with Gasteiger partial charge in [0.1, 0.15) is 17.3 Å². The van der Waals surface area contributed by atoms with Gasteiger partial charge in [-0.05, 0) is 60.0 Å². The van der Waals surface area contributed by atoms with Crippen LogP contribution >= 0.6 is 0 Å². The molecule has 0 bridgehead atoms. The van der Waals surface area contributed by atoms with E-state index in [9.17, 15) is 14.7 Å². The van der Waals surface area contributed by atoms with Crippen molar-refractivity contribution in [3.05, 3.63) is 95.3 Å². The molecule has 0 spiro atoms. The Bertz CT molecular complexity index is 1210. The van der Waals surface area contributed by atoms with Crippen LogP contribution in [0.3, 0.4) is 0 Å². The normalized spacial score (nSPS) is 17.1. The number of aliphatic hydroxyl groups excluding tert-OH is 1. The van der Waals surface area contributed by atoms with Gasteiger partial charge in [-0.1, -0.05) is 25.1 Å². The van der Waals surface area contributed by atoms with E-state index in [1.165, 1.54) is 4.90 Å². The van der Waals surface area contributed by atoms with Crippen LogP contribution in [-0.4, -0.2) is 40.4 Å². The van der Waals surface area contributed by atoms with E-state index in [2.05, 4.69) is 4.98 Å². The molecular weight excluding hydrogens is 432 g/mol. The first-order valence-corrected chi connectivity index (χ1v) is 11.1. The van der Waals surface area contributed by atoms with Crippen LogP contribution in [0.15, 0.2) is 78.6 Å². The highest BCUT2D eigenvalue weighted by Gasteiger charge is 2.46. The number of rotatable bonds is 8. The molecule has 0 aliphatic carbocycles. The lowest BCUT2D eigenvalue weighted by molar-refractivity contribution is -0.140. The van der Waals surface area contributed by atoms with Crippen molar-refractivity contribution in [1.29, 1.82) is 0 Å². The lowest BCUT2D eigenvalue weighted by Gasteiger charge is -2.25. The average molecular weight is 459 g/mol. The minimum Gasteiger partial charge on any atom is -0.507 e. The Labute approximate surface area is 198 Å². The number of aliphatic hydroxyl groups is 1. The molecule has 7 heteroatoms. The number of amides is 1. The van der Waals surface area contributed by atoms with E-state index in [0.29, 0.717) is 29.2 Å². The van der Waals surface area contributed by atoms with Gasteiger partial charge in [0.2, 0.25) is 0 Å². The summed E-state index contributed by atoms with van der Waals surface area (Å²) in [7, 11) is 1.55. The zero-order valence-electron chi connectivity index (χ0n) is 19.1. The largest absolute Gasteiger partial charge is 0.507 e. The van der Waals surface area contributed by atoms with E-state index in [1.807, 2.05) is 37.3 Å². The van der Waals surface area contributed by atoms with Gasteiger partial charge in [-0.2, -0.15) is 0 Å². The van der Waals surface area contributed by atoms with E-state index in [-0.39, 0.29) is 17.9 Å². The molecule has 34 heavy (non-hydrogen) atoms. The van der Waals surface area contributed by atoms with Crippen LogP contribution in [0.2, 0.25) is 0 Å². The monoisotopic (exact) mass is 458 g/mol. The number of ether oxygens (including phenoxy) is 2. The van der Waals surface area contributed by atoms with Gasteiger partial charge in [0.25, 0.3) is 11.7 Å². The molecular formula is C27H26N2O5. The summed E-state index contributed by atoms with van der Waals surface area (Å²) in [5, 5.41) is 11.2. The second-order valence-corrected chi connectivity index (χ2v) is 7.94. The Hall–Kier alpha value is -4.13. The van der Waals surface area contributed by atoms with Gasteiger partial charge in [0.05, 0.1) is 25.3 Å². The fraction of sp³-hybridized carbons (Fsp3) is 0.222. The maximum absolute atomic E-state index is 13.2. The topological polar surface area (TPSA) is 89.0 Å². The third-order valence-electron chi connectivity index (χ3n) is 5.63. The molecule has 2 aromatic carbocycles. The molecule has 1 N–H and O–H groups in total. The molecule has 7 nitrogen and oxygen atoms in total. The maximum atomic E-state index is 13.2. The van der Waals surface area contributed by atoms with Crippen molar-refractivity contribution in [2.45, 2.75) is 25.9 Å². The van der Waals surface area contributed by atoms with Gasteiger partial charge < -0.3 is 19.5 Å².